The first-order valence-electron chi connectivity index (χ1n) is 6.19. The van der Waals surface area contributed by atoms with E-state index in [1.165, 1.54) is 7.11 Å². The van der Waals surface area contributed by atoms with Crippen molar-refractivity contribution in [2.75, 3.05) is 27.9 Å². The van der Waals surface area contributed by atoms with Gasteiger partial charge in [-0.2, -0.15) is 0 Å². The monoisotopic (exact) mass is 296 g/mol. The van der Waals surface area contributed by atoms with Crippen molar-refractivity contribution in [2.45, 2.75) is 13.3 Å². The van der Waals surface area contributed by atoms with Gasteiger partial charge in [-0.1, -0.05) is 23.4 Å². The van der Waals surface area contributed by atoms with Gasteiger partial charge in [0.1, 0.15) is 17.8 Å². The van der Waals surface area contributed by atoms with Gasteiger partial charge in [0, 0.05) is 6.54 Å². The average molecular weight is 296 g/mol. The van der Waals surface area contributed by atoms with Gasteiger partial charge < -0.3 is 19.6 Å². The van der Waals surface area contributed by atoms with Gasteiger partial charge in [0.2, 0.25) is 0 Å². The molecule has 1 N–H and O–H groups in total. The van der Waals surface area contributed by atoms with Crippen LogP contribution >= 0.6 is 12.2 Å². The number of hydrogen-bond acceptors (Lipinski definition) is 5. The predicted octanol–water partition coefficient (Wildman–Crippen LogP) is 2.19. The molecule has 110 valence electrons. The second-order valence-corrected chi connectivity index (χ2v) is 4.46. The molecule has 0 aliphatic carbocycles. The van der Waals surface area contributed by atoms with Crippen LogP contribution in [0.15, 0.2) is 23.4 Å². The Bertz CT molecular complexity index is 489. The van der Waals surface area contributed by atoms with Crippen LogP contribution in [0.3, 0.4) is 0 Å². The minimum Gasteiger partial charge on any atom is -0.493 e. The molecule has 0 bridgehead atoms. The van der Waals surface area contributed by atoms with Gasteiger partial charge in [-0.15, -0.1) is 0 Å². The minimum atomic E-state index is 0.590. The third-order valence-corrected chi connectivity index (χ3v) is 3.14. The van der Waals surface area contributed by atoms with Crippen molar-refractivity contribution in [1.82, 2.24) is 5.32 Å². The Morgan fingerprint density at radius 3 is 2.50 bits per heavy atom. The van der Waals surface area contributed by atoms with E-state index in [9.17, 15) is 0 Å². The molecule has 0 amide bonds. The Morgan fingerprint density at radius 2 is 1.90 bits per heavy atom. The zero-order valence-corrected chi connectivity index (χ0v) is 13.0. The number of nitrogens with zero attached hydrogens (tertiary/aromatic N) is 1. The second kappa shape index (κ2) is 8.37. The lowest BCUT2D eigenvalue weighted by Crippen LogP contribution is -2.29. The number of hydrogen-bond donors (Lipinski definition) is 1. The molecule has 0 aliphatic rings. The fourth-order valence-corrected chi connectivity index (χ4v) is 1.80. The van der Waals surface area contributed by atoms with Gasteiger partial charge in [0.15, 0.2) is 11.5 Å². The quantitative estimate of drug-likeness (QED) is 0.475. The van der Waals surface area contributed by atoms with Gasteiger partial charge in [0.05, 0.1) is 14.2 Å². The number of nitrogens with one attached hydrogen (secondary N) is 1. The third-order valence-electron chi connectivity index (χ3n) is 2.70. The molecule has 0 aromatic heterocycles. The lowest BCUT2D eigenvalue weighted by Gasteiger charge is -2.10. The molecular weight excluding hydrogens is 276 g/mol. The topological polar surface area (TPSA) is 52.1 Å². The summed E-state index contributed by atoms with van der Waals surface area (Å²) in [6.45, 7) is 2.51. The number of thiocarbonyl (C=S) groups is 1. The second-order valence-electron chi connectivity index (χ2n) is 4.05. The van der Waals surface area contributed by atoms with E-state index in [1.54, 1.807) is 21.1 Å². The van der Waals surface area contributed by atoms with Crippen LogP contribution in [0.2, 0.25) is 0 Å². The van der Waals surface area contributed by atoms with Gasteiger partial charge in [-0.05, 0) is 31.0 Å². The Labute approximate surface area is 124 Å². The summed E-state index contributed by atoms with van der Waals surface area (Å²) in [5, 5.41) is 6.91. The molecule has 0 atom stereocenters. The standard InChI is InChI=1S/C14H20N2O3S/c1-10(16-19-4)14(20)15-8-7-11-5-6-12(17-2)13(9-11)18-3/h5-6,9H,7-8H2,1-4H3,(H,15,20). The summed E-state index contributed by atoms with van der Waals surface area (Å²) in [6.07, 6.45) is 0.820. The Hall–Kier alpha value is -1.82. The van der Waals surface area contributed by atoms with Crippen LogP contribution in [0.5, 0.6) is 11.5 Å². The average Bonchev–Trinajstić information content (AvgIpc) is 2.47. The van der Waals surface area contributed by atoms with Gasteiger partial charge >= 0.3 is 0 Å². The van der Waals surface area contributed by atoms with E-state index in [1.807, 2.05) is 18.2 Å². The van der Waals surface area contributed by atoms with E-state index in [0.717, 1.165) is 23.5 Å². The van der Waals surface area contributed by atoms with Crippen LogP contribution in [0.25, 0.3) is 0 Å². The first-order valence-corrected chi connectivity index (χ1v) is 6.60. The normalized spacial score (nSPS) is 10.9. The molecular formula is C14H20N2O3S. The van der Waals surface area contributed by atoms with Crippen molar-refractivity contribution in [3.63, 3.8) is 0 Å². The van der Waals surface area contributed by atoms with Gasteiger partial charge in [0.25, 0.3) is 0 Å². The van der Waals surface area contributed by atoms with Crippen LogP contribution in [-0.2, 0) is 11.3 Å². The van der Waals surface area contributed by atoms with E-state index in [-0.39, 0.29) is 0 Å². The molecule has 1 rings (SSSR count). The van der Waals surface area contributed by atoms with Crippen molar-refractivity contribution in [3.8, 4) is 11.5 Å². The molecule has 0 unspecified atom stereocenters. The number of methoxy groups -OCH3 is 2. The van der Waals surface area contributed by atoms with Crippen molar-refractivity contribution < 1.29 is 14.3 Å². The molecule has 1 aromatic rings. The van der Waals surface area contributed by atoms with Crippen molar-refractivity contribution in [2.24, 2.45) is 5.16 Å². The fourth-order valence-electron chi connectivity index (χ4n) is 1.66. The van der Waals surface area contributed by atoms with E-state index < -0.39 is 0 Å². The van der Waals surface area contributed by atoms with Crippen LogP contribution in [0.4, 0.5) is 0 Å². The maximum absolute atomic E-state index is 5.27. The first kappa shape index (κ1) is 16.2. The van der Waals surface area contributed by atoms with E-state index in [0.29, 0.717) is 17.2 Å². The van der Waals surface area contributed by atoms with Crippen molar-refractivity contribution in [3.05, 3.63) is 23.8 Å². The summed E-state index contributed by atoms with van der Waals surface area (Å²) in [5.74, 6) is 1.45. The van der Waals surface area contributed by atoms with E-state index >= 15 is 0 Å². The highest BCUT2D eigenvalue weighted by Crippen LogP contribution is 2.27. The SMILES string of the molecule is CON=C(C)C(=S)NCCc1ccc(OC)c(OC)c1. The summed E-state index contributed by atoms with van der Waals surface area (Å²) in [7, 11) is 4.74. The van der Waals surface area contributed by atoms with Crippen LogP contribution in [0.1, 0.15) is 12.5 Å². The maximum Gasteiger partial charge on any atom is 0.160 e. The predicted molar refractivity (Wildman–Crippen MR) is 84.0 cm³/mol. The summed E-state index contributed by atoms with van der Waals surface area (Å²) in [5.41, 5.74) is 1.80. The van der Waals surface area contributed by atoms with E-state index in [4.69, 9.17) is 21.7 Å². The molecule has 0 aliphatic heterocycles. The fraction of sp³-hybridized carbons (Fsp3) is 0.429. The minimum absolute atomic E-state index is 0.590. The summed E-state index contributed by atoms with van der Waals surface area (Å²) >= 11 is 5.18. The summed E-state index contributed by atoms with van der Waals surface area (Å²) in [4.78, 5) is 5.27. The number of benzene rings is 1. The van der Waals surface area contributed by atoms with Crippen LogP contribution < -0.4 is 14.8 Å². The van der Waals surface area contributed by atoms with Crippen molar-refractivity contribution in [1.29, 1.82) is 0 Å². The number of rotatable bonds is 7. The van der Waals surface area contributed by atoms with E-state index in [2.05, 4.69) is 15.3 Å². The molecule has 20 heavy (non-hydrogen) atoms. The van der Waals surface area contributed by atoms with Crippen LogP contribution in [0, 0.1) is 0 Å². The summed E-state index contributed by atoms with van der Waals surface area (Å²) in [6, 6.07) is 5.85. The zero-order chi connectivity index (χ0) is 15.0. The molecule has 1 aromatic carbocycles. The largest absolute Gasteiger partial charge is 0.493 e. The highest BCUT2D eigenvalue weighted by Gasteiger charge is 2.05. The third kappa shape index (κ3) is 4.70. The molecule has 0 saturated heterocycles. The number of ether oxygens (including phenoxy) is 2. The lowest BCUT2D eigenvalue weighted by atomic mass is 10.1. The Kier molecular flexibility index (Phi) is 6.79. The van der Waals surface area contributed by atoms with Crippen LogP contribution in [-0.4, -0.2) is 38.6 Å². The molecule has 0 saturated carbocycles. The lowest BCUT2D eigenvalue weighted by molar-refractivity contribution is 0.214. The summed E-state index contributed by atoms with van der Waals surface area (Å²) < 4.78 is 10.5. The highest BCUT2D eigenvalue weighted by atomic mass is 32.1. The molecule has 5 nitrogen and oxygen atoms in total. The Morgan fingerprint density at radius 1 is 1.20 bits per heavy atom. The highest BCUT2D eigenvalue weighted by molar-refractivity contribution is 7.82. The molecule has 0 heterocycles. The first-order chi connectivity index (χ1) is 9.62. The van der Waals surface area contributed by atoms with Gasteiger partial charge in [-0.25, -0.2) is 0 Å². The maximum atomic E-state index is 5.27. The van der Waals surface area contributed by atoms with Crippen molar-refractivity contribution >= 4 is 22.9 Å². The molecule has 0 spiro atoms. The number of oxime groups is 1. The molecule has 6 heteroatoms. The smallest absolute Gasteiger partial charge is 0.160 e. The Balaban J connectivity index is 2.54. The zero-order valence-electron chi connectivity index (χ0n) is 12.2. The van der Waals surface area contributed by atoms with Gasteiger partial charge in [-0.3, -0.25) is 0 Å². The molecule has 0 radical (unpaired) electrons. The molecule has 0 fully saturated rings.